The summed E-state index contributed by atoms with van der Waals surface area (Å²) in [6.07, 6.45) is 5.51. The molecule has 1 saturated carbocycles. The van der Waals surface area contributed by atoms with Gasteiger partial charge in [-0.25, -0.2) is 0 Å². The molecular formula is C27H32N6O. The Balaban J connectivity index is 1.34. The number of fused-ring (bicyclic) bond motifs is 1. The number of aliphatic hydroxyl groups excluding tert-OH is 1. The molecular weight excluding hydrogens is 424 g/mol. The van der Waals surface area contributed by atoms with Gasteiger partial charge in [0.1, 0.15) is 11.6 Å². The number of nitrogens with one attached hydrogen (secondary N) is 3. The Kier molecular flexibility index (Phi) is 6.62. The monoisotopic (exact) mass is 456 g/mol. The number of nitrogens with zero attached hydrogens (tertiary/aromatic N) is 3. The number of hydrogen-bond donors (Lipinski definition) is 4. The van der Waals surface area contributed by atoms with Crippen LogP contribution < -0.4 is 16.0 Å². The molecule has 2 aromatic carbocycles. The number of benzene rings is 2. The van der Waals surface area contributed by atoms with E-state index in [0.29, 0.717) is 12.0 Å². The summed E-state index contributed by atoms with van der Waals surface area (Å²) in [6, 6.07) is 21.3. The molecule has 0 radical (unpaired) electrons. The summed E-state index contributed by atoms with van der Waals surface area (Å²) in [4.78, 5) is 9.37. The van der Waals surface area contributed by atoms with Crippen LogP contribution in [-0.2, 0) is 6.54 Å². The van der Waals surface area contributed by atoms with Crippen LogP contribution in [0.25, 0.3) is 10.9 Å². The third-order valence-corrected chi connectivity index (χ3v) is 6.36. The van der Waals surface area contributed by atoms with Gasteiger partial charge >= 0.3 is 0 Å². The highest BCUT2D eigenvalue weighted by Crippen LogP contribution is 2.26. The molecule has 0 spiro atoms. The topological polar surface area (TPSA) is 87.0 Å². The summed E-state index contributed by atoms with van der Waals surface area (Å²) in [5.74, 6) is 2.14. The molecule has 4 aromatic rings. The highest BCUT2D eigenvalue weighted by molar-refractivity contribution is 5.84. The highest BCUT2D eigenvalue weighted by Gasteiger charge is 2.20. The normalized spacial score (nSPS) is 18.1. The first kappa shape index (κ1) is 22.2. The van der Waals surface area contributed by atoms with E-state index in [1.807, 2.05) is 12.1 Å². The van der Waals surface area contributed by atoms with E-state index in [2.05, 4.69) is 87.2 Å². The van der Waals surface area contributed by atoms with Crippen molar-refractivity contribution in [1.82, 2.24) is 14.5 Å². The van der Waals surface area contributed by atoms with Crippen molar-refractivity contribution in [2.75, 3.05) is 22.5 Å². The van der Waals surface area contributed by atoms with Crippen molar-refractivity contribution in [1.29, 1.82) is 0 Å². The van der Waals surface area contributed by atoms with E-state index in [9.17, 15) is 5.11 Å². The van der Waals surface area contributed by atoms with E-state index >= 15 is 0 Å². The number of anilines is 4. The number of aliphatic hydroxyl groups is 1. The van der Waals surface area contributed by atoms with Crippen molar-refractivity contribution in [2.24, 2.45) is 0 Å². The third-order valence-electron chi connectivity index (χ3n) is 6.36. The predicted octanol–water partition coefficient (Wildman–Crippen LogP) is 5.37. The van der Waals surface area contributed by atoms with Crippen molar-refractivity contribution in [3.8, 4) is 0 Å². The molecule has 5 rings (SSSR count). The zero-order chi connectivity index (χ0) is 23.3. The van der Waals surface area contributed by atoms with Gasteiger partial charge in [-0.3, -0.25) is 0 Å². The Bertz CT molecular complexity index is 1230. The van der Waals surface area contributed by atoms with E-state index < -0.39 is 0 Å². The molecule has 0 atom stereocenters. The van der Waals surface area contributed by atoms with Crippen molar-refractivity contribution < 1.29 is 5.11 Å². The first-order valence-electron chi connectivity index (χ1n) is 12.1. The fourth-order valence-electron chi connectivity index (χ4n) is 4.60. The fraction of sp³-hybridized carbons (Fsp3) is 0.333. The molecule has 0 bridgehead atoms. The van der Waals surface area contributed by atoms with Crippen LogP contribution in [-0.4, -0.2) is 38.3 Å². The van der Waals surface area contributed by atoms with Crippen LogP contribution in [0.5, 0.6) is 0 Å². The van der Waals surface area contributed by atoms with E-state index in [0.717, 1.165) is 56.1 Å². The summed E-state index contributed by atoms with van der Waals surface area (Å²) < 4.78 is 2.26. The van der Waals surface area contributed by atoms with Crippen molar-refractivity contribution in [2.45, 2.75) is 51.3 Å². The van der Waals surface area contributed by atoms with E-state index in [4.69, 9.17) is 4.98 Å². The molecule has 2 aromatic heterocycles. The minimum Gasteiger partial charge on any atom is -0.393 e. The van der Waals surface area contributed by atoms with Gasteiger partial charge < -0.3 is 25.6 Å². The maximum Gasteiger partial charge on any atom is 0.231 e. The van der Waals surface area contributed by atoms with Crippen LogP contribution in [0.2, 0.25) is 0 Å². The third kappa shape index (κ3) is 5.31. The molecule has 0 aliphatic heterocycles. The molecule has 0 unspecified atom stereocenters. The van der Waals surface area contributed by atoms with Crippen LogP contribution in [0.15, 0.2) is 66.9 Å². The molecule has 0 amide bonds. The molecule has 1 fully saturated rings. The van der Waals surface area contributed by atoms with Crippen molar-refractivity contribution in [3.05, 3.63) is 72.4 Å². The van der Waals surface area contributed by atoms with Gasteiger partial charge in [-0.2, -0.15) is 9.97 Å². The Labute approximate surface area is 200 Å². The molecule has 1 aliphatic rings. The fourth-order valence-corrected chi connectivity index (χ4v) is 4.60. The first-order valence-corrected chi connectivity index (χ1v) is 12.1. The lowest BCUT2D eigenvalue weighted by Gasteiger charge is -2.26. The molecule has 176 valence electrons. The second-order valence-corrected chi connectivity index (χ2v) is 8.97. The van der Waals surface area contributed by atoms with Crippen molar-refractivity contribution in [3.63, 3.8) is 0 Å². The molecule has 0 saturated heterocycles. The Hall–Kier alpha value is -3.58. The molecule has 34 heavy (non-hydrogen) atoms. The Morgan fingerprint density at radius 3 is 2.53 bits per heavy atom. The van der Waals surface area contributed by atoms with Crippen LogP contribution in [0.4, 0.5) is 23.3 Å². The van der Waals surface area contributed by atoms with Gasteiger partial charge in [-0.05, 0) is 62.4 Å². The lowest BCUT2D eigenvalue weighted by atomic mass is 9.93. The minimum atomic E-state index is -0.171. The maximum absolute atomic E-state index is 9.79. The summed E-state index contributed by atoms with van der Waals surface area (Å²) in [5, 5.41) is 21.2. The number of aromatic nitrogens is 3. The minimum absolute atomic E-state index is 0.171. The van der Waals surface area contributed by atoms with E-state index in [1.165, 1.54) is 16.5 Å². The molecule has 1 aliphatic carbocycles. The van der Waals surface area contributed by atoms with Crippen LogP contribution in [0.1, 0.15) is 38.2 Å². The second-order valence-electron chi connectivity index (χ2n) is 8.97. The molecule has 7 nitrogen and oxygen atoms in total. The molecule has 7 heteroatoms. The summed E-state index contributed by atoms with van der Waals surface area (Å²) in [7, 11) is 0. The van der Waals surface area contributed by atoms with E-state index in [-0.39, 0.29) is 6.10 Å². The lowest BCUT2D eigenvalue weighted by molar-refractivity contribution is 0.126. The van der Waals surface area contributed by atoms with Gasteiger partial charge in [0.15, 0.2) is 0 Å². The number of hydrogen-bond acceptors (Lipinski definition) is 6. The van der Waals surface area contributed by atoms with Crippen LogP contribution in [0.3, 0.4) is 0 Å². The summed E-state index contributed by atoms with van der Waals surface area (Å²) in [5.41, 5.74) is 3.42. The SMILES string of the molecule is CCNc1cc(N[C@H]2CC[C@@H](O)CC2)nc(Nc2ccc3c(ccn3Cc3ccccc3)c2)n1. The predicted molar refractivity (Wildman–Crippen MR) is 139 cm³/mol. The quantitative estimate of drug-likeness (QED) is 0.285. The maximum atomic E-state index is 9.79. The lowest BCUT2D eigenvalue weighted by Crippen LogP contribution is -2.28. The summed E-state index contributed by atoms with van der Waals surface area (Å²) >= 11 is 0. The van der Waals surface area contributed by atoms with Crippen LogP contribution in [0, 0.1) is 0 Å². The van der Waals surface area contributed by atoms with Gasteiger partial charge in [0.25, 0.3) is 0 Å². The van der Waals surface area contributed by atoms with Gasteiger partial charge in [-0.15, -0.1) is 0 Å². The van der Waals surface area contributed by atoms with E-state index in [1.54, 1.807) is 0 Å². The van der Waals surface area contributed by atoms with Gasteiger partial charge in [0, 0.05) is 48.0 Å². The molecule has 2 heterocycles. The Morgan fingerprint density at radius 2 is 1.74 bits per heavy atom. The number of rotatable bonds is 8. The highest BCUT2D eigenvalue weighted by atomic mass is 16.3. The average molecular weight is 457 g/mol. The van der Waals surface area contributed by atoms with Gasteiger partial charge in [0.05, 0.1) is 6.10 Å². The van der Waals surface area contributed by atoms with Gasteiger partial charge in [-0.1, -0.05) is 30.3 Å². The first-order chi connectivity index (χ1) is 16.7. The zero-order valence-corrected chi connectivity index (χ0v) is 19.5. The molecule has 4 N–H and O–H groups in total. The largest absolute Gasteiger partial charge is 0.393 e. The zero-order valence-electron chi connectivity index (χ0n) is 19.5. The Morgan fingerprint density at radius 1 is 0.941 bits per heavy atom. The second kappa shape index (κ2) is 10.1. The van der Waals surface area contributed by atoms with Crippen LogP contribution >= 0.6 is 0 Å². The standard InChI is InChI=1S/C27H32N6O/c1-2-28-25-17-26(29-21-8-11-23(34)12-9-21)32-27(31-25)30-22-10-13-24-20(16-22)14-15-33(24)18-19-6-4-3-5-7-19/h3-7,10,13-17,21,23,34H,2,8-9,11-12,18H2,1H3,(H3,28,29,30,31,32)/t21-,23+. The summed E-state index contributed by atoms with van der Waals surface area (Å²) in [6.45, 7) is 3.68. The smallest absolute Gasteiger partial charge is 0.231 e. The van der Waals surface area contributed by atoms with Gasteiger partial charge in [0.2, 0.25) is 5.95 Å². The van der Waals surface area contributed by atoms with Crippen molar-refractivity contribution >= 4 is 34.2 Å². The average Bonchev–Trinajstić information content (AvgIpc) is 3.23.